The molecule has 1 heterocycles. The number of ether oxygens (including phenoxy) is 1. The largest absolute Gasteiger partial charge is 0.479 e. The Hall–Kier alpha value is -1.74. The lowest BCUT2D eigenvalue weighted by atomic mass is 9.69. The summed E-state index contributed by atoms with van der Waals surface area (Å²) in [5.74, 6) is 0.652. The summed E-state index contributed by atoms with van der Waals surface area (Å²) in [5.41, 5.74) is 1.95. The number of amides is 1. The number of thiophene rings is 1. The predicted molar refractivity (Wildman–Crippen MR) is 124 cm³/mol. The average Bonchev–Trinajstić information content (AvgIpc) is 3.05. The van der Waals surface area contributed by atoms with Crippen LogP contribution in [0.1, 0.15) is 56.5 Å². The standard InChI is InChI=1S/C23H26Cl2N2O2S/c1-5-23(3,4)14-6-8-16-17(12-26)22(30-20(16)10-14)27-21(28)13(2)29-19-9-7-15(24)11-18(19)25/h7,9,11,13-14H,5-6,8,10H2,1-4H3,(H,27,28)/t13-,14-/m1/s1. The van der Waals surface area contributed by atoms with Crippen LogP contribution in [0.5, 0.6) is 5.75 Å². The van der Waals surface area contributed by atoms with Crippen LogP contribution in [0.15, 0.2) is 18.2 Å². The monoisotopic (exact) mass is 464 g/mol. The predicted octanol–water partition coefficient (Wildman–Crippen LogP) is 6.87. The third kappa shape index (κ3) is 4.77. The van der Waals surface area contributed by atoms with Crippen molar-refractivity contribution in [3.05, 3.63) is 44.2 Å². The van der Waals surface area contributed by atoms with Crippen molar-refractivity contribution >= 4 is 45.4 Å². The summed E-state index contributed by atoms with van der Waals surface area (Å²) >= 11 is 13.6. The number of benzene rings is 1. The molecule has 1 aromatic heterocycles. The van der Waals surface area contributed by atoms with Crippen LogP contribution in [-0.2, 0) is 17.6 Å². The third-order valence-corrected chi connectivity index (χ3v) is 7.90. The number of anilines is 1. The molecule has 1 aliphatic rings. The Balaban J connectivity index is 1.75. The SMILES string of the molecule is CCC(C)(C)[C@@H]1CCc2c(sc(NC(=O)[C@@H](C)Oc3ccc(Cl)cc3Cl)c2C#N)C1. The average molecular weight is 465 g/mol. The molecule has 0 unspecified atom stereocenters. The molecule has 1 aromatic carbocycles. The summed E-state index contributed by atoms with van der Waals surface area (Å²) in [7, 11) is 0. The van der Waals surface area contributed by atoms with E-state index in [9.17, 15) is 10.1 Å². The number of halogens is 2. The lowest BCUT2D eigenvalue weighted by Crippen LogP contribution is -2.30. The van der Waals surface area contributed by atoms with Crippen molar-refractivity contribution in [3.8, 4) is 11.8 Å². The number of carbonyl (C=O) groups is 1. The van der Waals surface area contributed by atoms with Crippen molar-refractivity contribution in [2.75, 3.05) is 5.32 Å². The molecule has 30 heavy (non-hydrogen) atoms. The first-order chi connectivity index (χ1) is 14.2. The second-order valence-corrected chi connectivity index (χ2v) is 10.4. The van der Waals surface area contributed by atoms with E-state index in [1.54, 1.807) is 25.1 Å². The third-order valence-electron chi connectivity index (χ3n) is 6.20. The van der Waals surface area contributed by atoms with Gasteiger partial charge in [0, 0.05) is 9.90 Å². The van der Waals surface area contributed by atoms with Crippen LogP contribution in [0.4, 0.5) is 5.00 Å². The van der Waals surface area contributed by atoms with Crippen molar-refractivity contribution in [1.29, 1.82) is 5.26 Å². The van der Waals surface area contributed by atoms with Crippen molar-refractivity contribution in [2.24, 2.45) is 11.3 Å². The Bertz CT molecular complexity index is 994. The van der Waals surface area contributed by atoms with Gasteiger partial charge in [-0.25, -0.2) is 0 Å². The fourth-order valence-corrected chi connectivity index (χ4v) is 5.51. The van der Waals surface area contributed by atoms with Crippen molar-refractivity contribution in [1.82, 2.24) is 0 Å². The second kappa shape index (κ2) is 9.18. The van der Waals surface area contributed by atoms with Gasteiger partial charge in [0.25, 0.3) is 5.91 Å². The maximum atomic E-state index is 12.7. The molecule has 7 heteroatoms. The molecule has 0 saturated carbocycles. The summed E-state index contributed by atoms with van der Waals surface area (Å²) in [5, 5.41) is 14.1. The lowest BCUT2D eigenvalue weighted by molar-refractivity contribution is -0.122. The fourth-order valence-electron chi connectivity index (χ4n) is 3.78. The highest BCUT2D eigenvalue weighted by Gasteiger charge is 2.34. The zero-order valence-electron chi connectivity index (χ0n) is 17.6. The lowest BCUT2D eigenvalue weighted by Gasteiger charge is -2.36. The molecule has 1 aliphatic carbocycles. The van der Waals surface area contributed by atoms with Gasteiger partial charge in [0.1, 0.15) is 16.8 Å². The van der Waals surface area contributed by atoms with E-state index in [1.807, 2.05) is 0 Å². The quantitative estimate of drug-likeness (QED) is 0.506. The minimum Gasteiger partial charge on any atom is -0.479 e. The van der Waals surface area contributed by atoms with Gasteiger partial charge in [-0.15, -0.1) is 11.3 Å². The van der Waals surface area contributed by atoms with Crippen LogP contribution < -0.4 is 10.1 Å². The number of rotatable bonds is 6. The van der Waals surface area contributed by atoms with E-state index in [0.29, 0.717) is 32.3 Å². The van der Waals surface area contributed by atoms with E-state index >= 15 is 0 Å². The fraction of sp³-hybridized carbons (Fsp3) is 0.478. The molecule has 0 spiro atoms. The molecule has 2 aromatic rings. The second-order valence-electron chi connectivity index (χ2n) is 8.43. The molecule has 160 valence electrons. The molecule has 0 fully saturated rings. The highest BCUT2D eigenvalue weighted by atomic mass is 35.5. The molecular weight excluding hydrogens is 439 g/mol. The number of carbonyl (C=O) groups excluding carboxylic acids is 1. The van der Waals surface area contributed by atoms with E-state index in [-0.39, 0.29) is 11.3 Å². The van der Waals surface area contributed by atoms with Crippen LogP contribution in [0.25, 0.3) is 0 Å². The van der Waals surface area contributed by atoms with Gasteiger partial charge in [0.05, 0.1) is 10.6 Å². The molecule has 0 radical (unpaired) electrons. The van der Waals surface area contributed by atoms with E-state index in [0.717, 1.165) is 31.2 Å². The summed E-state index contributed by atoms with van der Waals surface area (Å²) in [6.07, 6.45) is 3.25. The summed E-state index contributed by atoms with van der Waals surface area (Å²) < 4.78 is 5.71. The molecule has 3 rings (SSSR count). The van der Waals surface area contributed by atoms with Crippen LogP contribution >= 0.6 is 34.5 Å². The van der Waals surface area contributed by atoms with Crippen LogP contribution in [-0.4, -0.2) is 12.0 Å². The molecule has 0 aliphatic heterocycles. The van der Waals surface area contributed by atoms with E-state index in [4.69, 9.17) is 27.9 Å². The van der Waals surface area contributed by atoms with Gasteiger partial charge in [-0.05, 0) is 61.3 Å². The molecular formula is C23H26Cl2N2O2S. The minimum atomic E-state index is -0.777. The summed E-state index contributed by atoms with van der Waals surface area (Å²) in [6.45, 7) is 8.50. The minimum absolute atomic E-state index is 0.262. The van der Waals surface area contributed by atoms with E-state index in [1.165, 1.54) is 16.2 Å². The van der Waals surface area contributed by atoms with Crippen molar-refractivity contribution in [3.63, 3.8) is 0 Å². The zero-order chi connectivity index (χ0) is 22.1. The Kier molecular flexibility index (Phi) is 7.02. The van der Waals surface area contributed by atoms with Crippen molar-refractivity contribution in [2.45, 2.75) is 59.5 Å². The number of fused-ring (bicyclic) bond motifs is 1. The van der Waals surface area contributed by atoms with E-state index < -0.39 is 6.10 Å². The van der Waals surface area contributed by atoms with Crippen LogP contribution in [0, 0.1) is 22.7 Å². The normalized spacial score (nSPS) is 17.0. The van der Waals surface area contributed by atoms with Gasteiger partial charge in [-0.1, -0.05) is 50.4 Å². The number of nitriles is 1. The molecule has 1 amide bonds. The highest BCUT2D eigenvalue weighted by Crippen LogP contribution is 2.45. The molecule has 4 nitrogen and oxygen atoms in total. The Morgan fingerprint density at radius 2 is 2.17 bits per heavy atom. The molecule has 0 saturated heterocycles. The van der Waals surface area contributed by atoms with Crippen LogP contribution in [0.2, 0.25) is 10.0 Å². The first kappa shape index (κ1) is 22.9. The Morgan fingerprint density at radius 3 is 2.80 bits per heavy atom. The van der Waals surface area contributed by atoms with Crippen molar-refractivity contribution < 1.29 is 9.53 Å². The maximum Gasteiger partial charge on any atom is 0.265 e. The summed E-state index contributed by atoms with van der Waals surface area (Å²) in [4.78, 5) is 14.0. The first-order valence-electron chi connectivity index (χ1n) is 10.1. The van der Waals surface area contributed by atoms with Gasteiger partial charge in [0.15, 0.2) is 6.10 Å². The zero-order valence-corrected chi connectivity index (χ0v) is 20.0. The molecule has 1 N–H and O–H groups in total. The van der Waals surface area contributed by atoms with Crippen LogP contribution in [0.3, 0.4) is 0 Å². The number of nitrogens with zero attached hydrogens (tertiary/aromatic N) is 1. The Labute approximate surface area is 192 Å². The van der Waals surface area contributed by atoms with Gasteiger partial charge in [-0.2, -0.15) is 5.26 Å². The maximum absolute atomic E-state index is 12.7. The first-order valence-corrected chi connectivity index (χ1v) is 11.7. The van der Waals surface area contributed by atoms with Gasteiger partial charge < -0.3 is 10.1 Å². The summed E-state index contributed by atoms with van der Waals surface area (Å²) in [6, 6.07) is 7.16. The Morgan fingerprint density at radius 1 is 1.43 bits per heavy atom. The molecule has 0 bridgehead atoms. The number of hydrogen-bond acceptors (Lipinski definition) is 4. The van der Waals surface area contributed by atoms with Gasteiger partial charge in [0.2, 0.25) is 0 Å². The smallest absolute Gasteiger partial charge is 0.265 e. The van der Waals surface area contributed by atoms with Gasteiger partial charge >= 0.3 is 0 Å². The molecule has 2 atom stereocenters. The highest BCUT2D eigenvalue weighted by molar-refractivity contribution is 7.16. The van der Waals surface area contributed by atoms with E-state index in [2.05, 4.69) is 32.2 Å². The topological polar surface area (TPSA) is 62.1 Å². The number of hydrogen-bond donors (Lipinski definition) is 1. The van der Waals surface area contributed by atoms with Gasteiger partial charge in [-0.3, -0.25) is 4.79 Å². The number of nitrogens with one attached hydrogen (secondary N) is 1.